The Hall–Kier alpha value is -1.13. The molecule has 126 valence electrons. The van der Waals surface area contributed by atoms with Crippen LogP contribution >= 0.6 is 12.4 Å². The first-order valence-electron chi connectivity index (χ1n) is 8.45. The maximum absolute atomic E-state index is 13.3. The summed E-state index contributed by atoms with van der Waals surface area (Å²) < 4.78 is 13.3. The molecule has 1 saturated carbocycles. The number of hydrogen-bond acceptors (Lipinski definition) is 2. The highest BCUT2D eigenvalue weighted by Gasteiger charge is 2.48. The van der Waals surface area contributed by atoms with Crippen molar-refractivity contribution >= 4 is 18.3 Å². The molecule has 3 fully saturated rings. The summed E-state index contributed by atoms with van der Waals surface area (Å²) >= 11 is 0. The minimum absolute atomic E-state index is 0. The first kappa shape index (κ1) is 16.7. The first-order chi connectivity index (χ1) is 10.7. The van der Waals surface area contributed by atoms with Gasteiger partial charge in [0.15, 0.2) is 0 Å². The Balaban J connectivity index is 0.00000156. The van der Waals surface area contributed by atoms with Crippen molar-refractivity contribution in [3.05, 3.63) is 35.6 Å². The minimum Gasteiger partial charge on any atom is -0.341 e. The smallest absolute Gasteiger partial charge is 0.233 e. The highest BCUT2D eigenvalue weighted by Crippen LogP contribution is 2.44. The molecule has 0 bridgehead atoms. The standard InChI is InChI=1S/C18H23FN2O.ClH/c19-16-5-3-15(4-6-16)18(7-1-2-8-18)17(22)21-11-13-9-20-10-14(13)12-21;/h3-6,13-14,20H,1-2,7-12H2;1H/t13-,14+;. The molecule has 23 heavy (non-hydrogen) atoms. The summed E-state index contributed by atoms with van der Waals surface area (Å²) in [6.07, 6.45) is 3.99. The van der Waals surface area contributed by atoms with Crippen molar-refractivity contribution in [3.8, 4) is 0 Å². The molecule has 1 aliphatic carbocycles. The van der Waals surface area contributed by atoms with Gasteiger partial charge in [-0.05, 0) is 42.4 Å². The number of amides is 1. The van der Waals surface area contributed by atoms with Crippen molar-refractivity contribution < 1.29 is 9.18 Å². The third-order valence-electron chi connectivity index (χ3n) is 5.94. The van der Waals surface area contributed by atoms with E-state index in [1.165, 1.54) is 12.1 Å². The van der Waals surface area contributed by atoms with Crippen molar-refractivity contribution in [1.82, 2.24) is 10.2 Å². The van der Waals surface area contributed by atoms with E-state index < -0.39 is 5.41 Å². The lowest BCUT2D eigenvalue weighted by Gasteiger charge is -2.33. The molecule has 0 aromatic heterocycles. The monoisotopic (exact) mass is 338 g/mol. The van der Waals surface area contributed by atoms with Crippen LogP contribution in [-0.4, -0.2) is 37.0 Å². The second-order valence-corrected chi connectivity index (χ2v) is 7.18. The Morgan fingerprint density at radius 3 is 2.22 bits per heavy atom. The van der Waals surface area contributed by atoms with E-state index in [1.54, 1.807) is 0 Å². The Morgan fingerprint density at radius 1 is 1.09 bits per heavy atom. The largest absolute Gasteiger partial charge is 0.341 e. The number of fused-ring (bicyclic) bond motifs is 1. The number of rotatable bonds is 2. The molecule has 5 heteroatoms. The zero-order valence-electron chi connectivity index (χ0n) is 13.3. The quantitative estimate of drug-likeness (QED) is 0.899. The summed E-state index contributed by atoms with van der Waals surface area (Å²) in [6.45, 7) is 3.86. The van der Waals surface area contributed by atoms with Crippen LogP contribution in [0.3, 0.4) is 0 Å². The van der Waals surface area contributed by atoms with Gasteiger partial charge in [-0.15, -0.1) is 12.4 Å². The van der Waals surface area contributed by atoms with Gasteiger partial charge in [0, 0.05) is 26.2 Å². The van der Waals surface area contributed by atoms with Gasteiger partial charge in [0.1, 0.15) is 5.82 Å². The fourth-order valence-electron chi connectivity index (χ4n) is 4.70. The molecule has 1 N–H and O–H groups in total. The van der Waals surface area contributed by atoms with Crippen LogP contribution in [0.5, 0.6) is 0 Å². The van der Waals surface area contributed by atoms with E-state index >= 15 is 0 Å². The molecule has 0 radical (unpaired) electrons. The number of carbonyl (C=O) groups is 1. The van der Waals surface area contributed by atoms with Gasteiger partial charge in [-0.2, -0.15) is 0 Å². The molecule has 2 heterocycles. The Bertz CT molecular complexity index is 559. The lowest BCUT2D eigenvalue weighted by Crippen LogP contribution is -2.45. The molecular weight excluding hydrogens is 315 g/mol. The molecule has 1 aromatic carbocycles. The fraction of sp³-hybridized carbons (Fsp3) is 0.611. The third kappa shape index (κ3) is 2.76. The number of hydrogen-bond donors (Lipinski definition) is 1. The first-order valence-corrected chi connectivity index (χ1v) is 8.45. The van der Waals surface area contributed by atoms with Gasteiger partial charge in [0.2, 0.25) is 5.91 Å². The molecule has 2 saturated heterocycles. The molecule has 2 aliphatic heterocycles. The van der Waals surface area contributed by atoms with E-state index in [2.05, 4.69) is 10.2 Å². The van der Waals surface area contributed by atoms with Crippen molar-refractivity contribution in [1.29, 1.82) is 0 Å². The number of nitrogens with one attached hydrogen (secondary N) is 1. The summed E-state index contributed by atoms with van der Waals surface area (Å²) in [5, 5.41) is 3.42. The van der Waals surface area contributed by atoms with Crippen molar-refractivity contribution in [3.63, 3.8) is 0 Å². The van der Waals surface area contributed by atoms with Crippen LogP contribution in [0.15, 0.2) is 24.3 Å². The van der Waals surface area contributed by atoms with E-state index in [1.807, 2.05) is 12.1 Å². The molecule has 1 amide bonds. The number of benzene rings is 1. The average molecular weight is 339 g/mol. The van der Waals surface area contributed by atoms with Crippen LogP contribution in [0, 0.1) is 17.7 Å². The summed E-state index contributed by atoms with van der Waals surface area (Å²) in [4.78, 5) is 15.4. The molecular formula is C18H24ClFN2O. The van der Waals surface area contributed by atoms with Gasteiger partial charge in [0.05, 0.1) is 5.41 Å². The van der Waals surface area contributed by atoms with Crippen molar-refractivity contribution in [2.24, 2.45) is 11.8 Å². The maximum Gasteiger partial charge on any atom is 0.233 e. The molecule has 4 rings (SSSR count). The van der Waals surface area contributed by atoms with E-state index in [9.17, 15) is 9.18 Å². The summed E-state index contributed by atoms with van der Waals surface area (Å²) in [7, 11) is 0. The number of likely N-dealkylation sites (tertiary alicyclic amines) is 1. The average Bonchev–Trinajstić information content (AvgIpc) is 3.23. The second-order valence-electron chi connectivity index (χ2n) is 7.18. The number of carbonyl (C=O) groups excluding carboxylic acids is 1. The molecule has 3 aliphatic rings. The van der Waals surface area contributed by atoms with Crippen LogP contribution < -0.4 is 5.32 Å². The highest BCUT2D eigenvalue weighted by atomic mass is 35.5. The lowest BCUT2D eigenvalue weighted by molar-refractivity contribution is -0.136. The summed E-state index contributed by atoms with van der Waals surface area (Å²) in [5.41, 5.74) is 0.603. The van der Waals surface area contributed by atoms with Crippen LogP contribution in [-0.2, 0) is 10.2 Å². The maximum atomic E-state index is 13.3. The van der Waals surface area contributed by atoms with Crippen LogP contribution in [0.4, 0.5) is 4.39 Å². The predicted molar refractivity (Wildman–Crippen MR) is 90.2 cm³/mol. The normalized spacial score (nSPS) is 28.5. The summed E-state index contributed by atoms with van der Waals surface area (Å²) in [5.74, 6) is 1.29. The minimum atomic E-state index is -0.403. The van der Waals surface area contributed by atoms with Gasteiger partial charge in [-0.25, -0.2) is 4.39 Å². The highest BCUT2D eigenvalue weighted by molar-refractivity contribution is 5.89. The topological polar surface area (TPSA) is 32.3 Å². The zero-order chi connectivity index (χ0) is 15.2. The van der Waals surface area contributed by atoms with Gasteiger partial charge in [-0.3, -0.25) is 4.79 Å². The second kappa shape index (κ2) is 6.40. The molecule has 1 aromatic rings. The van der Waals surface area contributed by atoms with E-state index in [-0.39, 0.29) is 24.1 Å². The van der Waals surface area contributed by atoms with Gasteiger partial charge in [-0.1, -0.05) is 25.0 Å². The molecule has 0 spiro atoms. The van der Waals surface area contributed by atoms with Crippen molar-refractivity contribution in [2.45, 2.75) is 31.1 Å². The van der Waals surface area contributed by atoms with Crippen LogP contribution in [0.2, 0.25) is 0 Å². The van der Waals surface area contributed by atoms with E-state index in [0.717, 1.165) is 57.4 Å². The number of halogens is 2. The van der Waals surface area contributed by atoms with Crippen LogP contribution in [0.1, 0.15) is 31.2 Å². The predicted octanol–water partition coefficient (Wildman–Crippen LogP) is 2.74. The van der Waals surface area contributed by atoms with Crippen LogP contribution in [0.25, 0.3) is 0 Å². The molecule has 3 nitrogen and oxygen atoms in total. The van der Waals surface area contributed by atoms with Gasteiger partial charge < -0.3 is 10.2 Å². The van der Waals surface area contributed by atoms with E-state index in [0.29, 0.717) is 11.8 Å². The Kier molecular flexibility index (Phi) is 4.65. The third-order valence-corrected chi connectivity index (χ3v) is 5.94. The lowest BCUT2D eigenvalue weighted by atomic mass is 9.77. The number of nitrogens with zero attached hydrogens (tertiary/aromatic N) is 1. The van der Waals surface area contributed by atoms with Crippen molar-refractivity contribution in [2.75, 3.05) is 26.2 Å². The zero-order valence-corrected chi connectivity index (χ0v) is 14.1. The van der Waals surface area contributed by atoms with Gasteiger partial charge >= 0.3 is 0 Å². The SMILES string of the molecule is Cl.O=C(N1C[C@H]2CNC[C@H]2C1)C1(c2ccc(F)cc2)CCCC1. The fourth-order valence-corrected chi connectivity index (χ4v) is 4.70. The van der Waals surface area contributed by atoms with Gasteiger partial charge in [0.25, 0.3) is 0 Å². The Morgan fingerprint density at radius 2 is 1.65 bits per heavy atom. The molecule has 0 unspecified atom stereocenters. The molecule has 2 atom stereocenters. The Labute approximate surface area is 143 Å². The van der Waals surface area contributed by atoms with E-state index in [4.69, 9.17) is 0 Å². The summed E-state index contributed by atoms with van der Waals surface area (Å²) in [6, 6.07) is 6.62.